The van der Waals surface area contributed by atoms with Crippen molar-refractivity contribution < 1.29 is 23.0 Å². The van der Waals surface area contributed by atoms with Crippen molar-refractivity contribution in [3.8, 4) is 5.75 Å². The molecule has 0 atom stereocenters. The van der Waals surface area contributed by atoms with Crippen LogP contribution in [-0.4, -0.2) is 37.6 Å². The summed E-state index contributed by atoms with van der Waals surface area (Å²) in [5, 5.41) is 9.80. The molecule has 3 rings (SSSR count). The lowest BCUT2D eigenvalue weighted by atomic mass is 10.1. The highest BCUT2D eigenvalue weighted by Crippen LogP contribution is 2.39. The van der Waals surface area contributed by atoms with Gasteiger partial charge in [0, 0.05) is 35.0 Å². The molecule has 0 amide bonds. The van der Waals surface area contributed by atoms with Crippen molar-refractivity contribution in [1.29, 1.82) is 0 Å². The van der Waals surface area contributed by atoms with Crippen LogP contribution >= 0.6 is 15.9 Å². The van der Waals surface area contributed by atoms with Gasteiger partial charge < -0.3 is 14.7 Å². The molecule has 1 N–H and O–H groups in total. The number of aliphatic imine (C=N–C) groups is 1. The van der Waals surface area contributed by atoms with Crippen molar-refractivity contribution in [2.24, 2.45) is 4.99 Å². The second-order valence-corrected chi connectivity index (χ2v) is 6.68. The third-order valence-corrected chi connectivity index (χ3v) is 4.49. The average Bonchev–Trinajstić information content (AvgIpc) is 2.62. The van der Waals surface area contributed by atoms with Gasteiger partial charge in [-0.25, -0.2) is 0 Å². The van der Waals surface area contributed by atoms with E-state index < -0.39 is 11.7 Å². The molecule has 8 heteroatoms. The first kappa shape index (κ1) is 18.7. The molecule has 0 aliphatic carbocycles. The van der Waals surface area contributed by atoms with Crippen LogP contribution in [0.25, 0.3) is 0 Å². The Morgan fingerprint density at radius 3 is 2.54 bits per heavy atom. The van der Waals surface area contributed by atoms with Gasteiger partial charge in [-0.15, -0.1) is 0 Å². The Morgan fingerprint density at radius 1 is 1.12 bits per heavy atom. The minimum absolute atomic E-state index is 0.0598. The van der Waals surface area contributed by atoms with Gasteiger partial charge in [0.1, 0.15) is 5.75 Å². The molecule has 0 spiro atoms. The number of halogens is 4. The van der Waals surface area contributed by atoms with Gasteiger partial charge in [-0.1, -0.05) is 15.9 Å². The van der Waals surface area contributed by atoms with E-state index in [-0.39, 0.29) is 11.4 Å². The number of phenolic OH excluding ortho intramolecular Hbond substituents is 1. The monoisotopic (exact) mass is 428 g/mol. The van der Waals surface area contributed by atoms with Crippen LogP contribution in [0.1, 0.15) is 11.1 Å². The van der Waals surface area contributed by atoms with E-state index in [0.717, 1.165) is 6.07 Å². The van der Waals surface area contributed by atoms with Gasteiger partial charge >= 0.3 is 6.18 Å². The second-order valence-electron chi connectivity index (χ2n) is 5.76. The van der Waals surface area contributed by atoms with E-state index in [1.165, 1.54) is 18.3 Å². The fourth-order valence-corrected chi connectivity index (χ4v) is 3.03. The number of benzene rings is 2. The highest BCUT2D eigenvalue weighted by Gasteiger charge is 2.34. The smallest absolute Gasteiger partial charge is 0.418 e. The third kappa shape index (κ3) is 4.37. The highest BCUT2D eigenvalue weighted by atomic mass is 79.9. The minimum Gasteiger partial charge on any atom is -0.507 e. The first-order valence-corrected chi connectivity index (χ1v) is 8.70. The predicted molar refractivity (Wildman–Crippen MR) is 97.5 cm³/mol. The minimum atomic E-state index is -4.53. The SMILES string of the molecule is Oc1ccc(Br)cc1C=Nc1ccc(N2CCOCC2)cc1C(F)(F)F. The van der Waals surface area contributed by atoms with E-state index in [1.54, 1.807) is 18.2 Å². The molecule has 0 saturated carbocycles. The number of hydrogen-bond donors (Lipinski definition) is 1. The molecule has 0 unspecified atom stereocenters. The predicted octanol–water partition coefficient (Wildman–Crippen LogP) is 4.76. The summed E-state index contributed by atoms with van der Waals surface area (Å²) in [5.74, 6) is -0.0598. The van der Waals surface area contributed by atoms with Crippen molar-refractivity contribution in [3.63, 3.8) is 0 Å². The Kier molecular flexibility index (Phi) is 5.52. The molecule has 1 heterocycles. The van der Waals surface area contributed by atoms with Crippen LogP contribution in [-0.2, 0) is 10.9 Å². The third-order valence-electron chi connectivity index (χ3n) is 3.99. The van der Waals surface area contributed by atoms with Crippen molar-refractivity contribution >= 4 is 33.5 Å². The quantitative estimate of drug-likeness (QED) is 0.716. The van der Waals surface area contributed by atoms with Crippen LogP contribution in [0.3, 0.4) is 0 Å². The van der Waals surface area contributed by atoms with Crippen LogP contribution in [0.15, 0.2) is 45.9 Å². The van der Waals surface area contributed by atoms with E-state index in [1.807, 2.05) is 4.90 Å². The molecule has 4 nitrogen and oxygen atoms in total. The maximum absolute atomic E-state index is 13.5. The Morgan fingerprint density at radius 2 is 1.85 bits per heavy atom. The molecule has 2 aromatic carbocycles. The van der Waals surface area contributed by atoms with Crippen LogP contribution in [0.5, 0.6) is 5.75 Å². The van der Waals surface area contributed by atoms with Gasteiger partial charge in [0.05, 0.1) is 24.5 Å². The maximum atomic E-state index is 13.5. The number of nitrogens with zero attached hydrogens (tertiary/aromatic N) is 2. The standard InChI is InChI=1S/C18H16BrF3N2O2/c19-13-1-4-17(25)12(9-13)11-23-16-3-2-14(10-15(16)18(20,21)22)24-5-7-26-8-6-24/h1-4,9-11,25H,5-8H2. The van der Waals surface area contributed by atoms with Crippen molar-refractivity contribution in [3.05, 3.63) is 52.0 Å². The summed E-state index contributed by atoms with van der Waals surface area (Å²) in [7, 11) is 0. The Bertz CT molecular complexity index is 819. The molecule has 0 radical (unpaired) electrons. The molecule has 1 saturated heterocycles. The molecule has 1 aliphatic heterocycles. The lowest BCUT2D eigenvalue weighted by Gasteiger charge is -2.29. The summed E-state index contributed by atoms with van der Waals surface area (Å²) >= 11 is 3.25. The molecule has 138 valence electrons. The molecular formula is C18H16BrF3N2O2. The maximum Gasteiger partial charge on any atom is 0.418 e. The van der Waals surface area contributed by atoms with Crippen LogP contribution < -0.4 is 4.90 Å². The van der Waals surface area contributed by atoms with E-state index >= 15 is 0 Å². The van der Waals surface area contributed by atoms with Crippen LogP contribution in [0, 0.1) is 0 Å². The highest BCUT2D eigenvalue weighted by molar-refractivity contribution is 9.10. The van der Waals surface area contributed by atoms with E-state index in [9.17, 15) is 18.3 Å². The van der Waals surface area contributed by atoms with Gasteiger partial charge in [-0.3, -0.25) is 4.99 Å². The summed E-state index contributed by atoms with van der Waals surface area (Å²) < 4.78 is 46.4. The molecule has 1 fully saturated rings. The van der Waals surface area contributed by atoms with Crippen molar-refractivity contribution in [2.75, 3.05) is 31.2 Å². The summed E-state index contributed by atoms with van der Waals surface area (Å²) in [5.41, 5.74) is -0.198. The first-order chi connectivity index (χ1) is 12.3. The number of anilines is 1. The second kappa shape index (κ2) is 7.67. The molecule has 0 aromatic heterocycles. The van der Waals surface area contributed by atoms with Gasteiger partial charge in [0.2, 0.25) is 0 Å². The van der Waals surface area contributed by atoms with E-state index in [4.69, 9.17) is 4.74 Å². The van der Waals surface area contributed by atoms with Crippen molar-refractivity contribution in [1.82, 2.24) is 0 Å². The Hall–Kier alpha value is -2.06. The summed E-state index contributed by atoms with van der Waals surface area (Å²) in [6.45, 7) is 2.07. The fourth-order valence-electron chi connectivity index (χ4n) is 2.65. The zero-order valence-corrected chi connectivity index (χ0v) is 15.2. The molecule has 2 aromatic rings. The summed E-state index contributed by atoms with van der Waals surface area (Å²) in [6.07, 6.45) is -3.31. The topological polar surface area (TPSA) is 45.1 Å². The molecule has 26 heavy (non-hydrogen) atoms. The number of alkyl halides is 3. The fraction of sp³-hybridized carbons (Fsp3) is 0.278. The van der Waals surface area contributed by atoms with E-state index in [0.29, 0.717) is 42.0 Å². The first-order valence-electron chi connectivity index (χ1n) is 7.91. The molecule has 0 bridgehead atoms. The van der Waals surface area contributed by atoms with Crippen molar-refractivity contribution in [2.45, 2.75) is 6.18 Å². The normalized spacial score (nSPS) is 15.6. The number of aromatic hydroxyl groups is 1. The van der Waals surface area contributed by atoms with Gasteiger partial charge in [0.25, 0.3) is 0 Å². The number of rotatable bonds is 3. The summed E-state index contributed by atoms with van der Waals surface area (Å²) in [4.78, 5) is 5.82. The van der Waals surface area contributed by atoms with Crippen LogP contribution in [0.2, 0.25) is 0 Å². The number of hydrogen-bond acceptors (Lipinski definition) is 4. The largest absolute Gasteiger partial charge is 0.507 e. The number of phenols is 1. The van der Waals surface area contributed by atoms with Gasteiger partial charge in [-0.05, 0) is 36.4 Å². The Labute approximate surface area is 157 Å². The lowest BCUT2D eigenvalue weighted by molar-refractivity contribution is -0.137. The lowest BCUT2D eigenvalue weighted by Crippen LogP contribution is -2.36. The number of ether oxygens (including phenoxy) is 1. The van der Waals surface area contributed by atoms with Gasteiger partial charge in [-0.2, -0.15) is 13.2 Å². The molecular weight excluding hydrogens is 413 g/mol. The molecule has 1 aliphatic rings. The van der Waals surface area contributed by atoms with Crippen LogP contribution in [0.4, 0.5) is 24.5 Å². The summed E-state index contributed by atoms with van der Waals surface area (Å²) in [6, 6.07) is 8.72. The Balaban J connectivity index is 1.95. The zero-order valence-electron chi connectivity index (χ0n) is 13.6. The van der Waals surface area contributed by atoms with Gasteiger partial charge in [0.15, 0.2) is 0 Å². The zero-order chi connectivity index (χ0) is 18.7. The number of morpholine rings is 1. The average molecular weight is 429 g/mol. The van der Waals surface area contributed by atoms with E-state index in [2.05, 4.69) is 20.9 Å².